The number of halogens is 1. The Hall–Kier alpha value is -2.08. The van der Waals surface area contributed by atoms with Gasteiger partial charge in [0.2, 0.25) is 5.91 Å². The number of hydrogen-bond donors (Lipinski definition) is 2. The fourth-order valence-corrected chi connectivity index (χ4v) is 5.27. The molecule has 3 aliphatic rings. The number of ether oxygens (including phenoxy) is 1. The highest BCUT2D eigenvalue weighted by Gasteiger charge is 2.50. The van der Waals surface area contributed by atoms with Crippen LogP contribution in [-0.2, 0) is 11.3 Å². The van der Waals surface area contributed by atoms with Crippen molar-refractivity contribution in [3.05, 3.63) is 59.2 Å². The molecule has 5 atom stereocenters. The van der Waals surface area contributed by atoms with E-state index in [1.165, 1.54) is 11.1 Å². The van der Waals surface area contributed by atoms with Crippen molar-refractivity contribution in [1.29, 1.82) is 0 Å². The lowest BCUT2D eigenvalue weighted by atomic mass is 9.89. The average molecular weight is 442 g/mol. The zero-order valence-electron chi connectivity index (χ0n) is 18.4. The van der Waals surface area contributed by atoms with Gasteiger partial charge in [0.05, 0.1) is 7.11 Å². The normalized spacial score (nSPS) is 28.9. The Bertz CT molecular complexity index is 951. The van der Waals surface area contributed by atoms with E-state index in [2.05, 4.69) is 60.0 Å². The summed E-state index contributed by atoms with van der Waals surface area (Å²) in [5.74, 6) is 1.73. The Morgan fingerprint density at radius 3 is 2.68 bits per heavy atom. The molecule has 31 heavy (non-hydrogen) atoms. The van der Waals surface area contributed by atoms with E-state index in [0.29, 0.717) is 18.0 Å². The van der Waals surface area contributed by atoms with E-state index in [1.807, 2.05) is 11.9 Å². The quantitative estimate of drug-likeness (QED) is 0.731. The minimum Gasteiger partial charge on any atom is -0.496 e. The van der Waals surface area contributed by atoms with Gasteiger partial charge in [0, 0.05) is 48.9 Å². The van der Waals surface area contributed by atoms with Crippen molar-refractivity contribution < 1.29 is 9.53 Å². The number of benzene rings is 2. The van der Waals surface area contributed by atoms with Crippen molar-refractivity contribution in [2.24, 2.45) is 5.92 Å². The number of methoxy groups -OCH3 is 1. The molecule has 0 bridgehead atoms. The summed E-state index contributed by atoms with van der Waals surface area (Å²) in [6.45, 7) is 2.98. The first-order chi connectivity index (χ1) is 14.6. The molecule has 1 saturated heterocycles. The van der Waals surface area contributed by atoms with Gasteiger partial charge >= 0.3 is 0 Å². The van der Waals surface area contributed by atoms with Crippen LogP contribution in [0.2, 0.25) is 0 Å². The fraction of sp³-hybridized carbons (Fsp3) is 0.480. The second-order valence-electron chi connectivity index (χ2n) is 9.09. The summed E-state index contributed by atoms with van der Waals surface area (Å²) in [4.78, 5) is 14.3. The third-order valence-corrected chi connectivity index (χ3v) is 7.12. The molecule has 1 aliphatic carbocycles. The van der Waals surface area contributed by atoms with Crippen molar-refractivity contribution in [3.63, 3.8) is 0 Å². The van der Waals surface area contributed by atoms with Crippen LogP contribution in [0.3, 0.4) is 0 Å². The molecule has 1 amide bonds. The SMILES string of the molecule is COc1cc2c(cc1CN[C@H]1CC[C@H](C)N[C@H]1c1ccccc1)N(C)C(=O)[C@@H]1C[C@H]21.Cl. The number of piperidine rings is 1. The lowest BCUT2D eigenvalue weighted by molar-refractivity contribution is -0.119. The van der Waals surface area contributed by atoms with E-state index in [-0.39, 0.29) is 30.3 Å². The van der Waals surface area contributed by atoms with Gasteiger partial charge in [-0.05, 0) is 55.4 Å². The molecular weight excluding hydrogens is 410 g/mol. The highest BCUT2D eigenvalue weighted by Crippen LogP contribution is 2.56. The second kappa shape index (κ2) is 8.81. The van der Waals surface area contributed by atoms with Crippen LogP contribution in [0.1, 0.15) is 54.8 Å². The van der Waals surface area contributed by atoms with Crippen LogP contribution in [0.15, 0.2) is 42.5 Å². The summed E-state index contributed by atoms with van der Waals surface area (Å²) in [5.41, 5.74) is 4.74. The predicted molar refractivity (Wildman–Crippen MR) is 126 cm³/mol. The first kappa shape index (κ1) is 22.1. The largest absolute Gasteiger partial charge is 0.496 e. The van der Waals surface area contributed by atoms with Crippen LogP contribution in [-0.4, -0.2) is 32.1 Å². The van der Waals surface area contributed by atoms with Crippen molar-refractivity contribution in [3.8, 4) is 5.75 Å². The Morgan fingerprint density at radius 1 is 1.16 bits per heavy atom. The Kier molecular flexibility index (Phi) is 6.29. The molecular formula is C25H32ClN3O2. The van der Waals surface area contributed by atoms with Gasteiger partial charge in [-0.3, -0.25) is 4.79 Å². The number of fused-ring (bicyclic) bond motifs is 3. The number of nitrogens with one attached hydrogen (secondary N) is 2. The number of amides is 1. The van der Waals surface area contributed by atoms with E-state index in [9.17, 15) is 4.79 Å². The molecule has 6 heteroatoms. The lowest BCUT2D eigenvalue weighted by Crippen LogP contribution is -2.49. The van der Waals surface area contributed by atoms with Crippen molar-refractivity contribution in [2.45, 2.75) is 56.8 Å². The molecule has 1 saturated carbocycles. The standard InChI is InChI=1S/C25H31N3O2.ClH/c1-15-9-10-21(24(27-15)16-7-5-4-6-8-16)26-14-17-11-22-19(13-23(17)30-3)18-12-20(18)25(29)28(22)2;/h4-8,11,13,15,18,20-21,24,26-27H,9-10,12,14H2,1-3H3;1H/t15-,18+,20+,21-,24-;/m0./s1. The summed E-state index contributed by atoms with van der Waals surface area (Å²) in [6.07, 6.45) is 3.26. The van der Waals surface area contributed by atoms with Crippen molar-refractivity contribution in [1.82, 2.24) is 10.6 Å². The summed E-state index contributed by atoms with van der Waals surface area (Å²) in [6, 6.07) is 16.2. The molecule has 2 heterocycles. The molecule has 0 radical (unpaired) electrons. The third kappa shape index (κ3) is 4.07. The van der Waals surface area contributed by atoms with E-state index in [1.54, 1.807) is 7.11 Å². The molecule has 2 aliphatic heterocycles. The lowest BCUT2D eigenvalue weighted by Gasteiger charge is -2.37. The molecule has 2 N–H and O–H groups in total. The number of rotatable bonds is 5. The van der Waals surface area contributed by atoms with Gasteiger partial charge in [0.15, 0.2) is 0 Å². The van der Waals surface area contributed by atoms with Gasteiger partial charge in [-0.15, -0.1) is 12.4 Å². The number of hydrogen-bond acceptors (Lipinski definition) is 4. The van der Waals surface area contributed by atoms with Gasteiger partial charge in [-0.2, -0.15) is 0 Å². The molecule has 0 unspecified atom stereocenters. The predicted octanol–water partition coefficient (Wildman–Crippen LogP) is 4.17. The van der Waals surface area contributed by atoms with Gasteiger partial charge in [0.1, 0.15) is 5.75 Å². The zero-order valence-corrected chi connectivity index (χ0v) is 19.2. The summed E-state index contributed by atoms with van der Waals surface area (Å²) >= 11 is 0. The smallest absolute Gasteiger partial charge is 0.230 e. The summed E-state index contributed by atoms with van der Waals surface area (Å²) < 4.78 is 5.75. The van der Waals surface area contributed by atoms with E-state index in [4.69, 9.17) is 4.74 Å². The molecule has 2 aromatic rings. The average Bonchev–Trinajstić information content (AvgIpc) is 3.58. The second-order valence-corrected chi connectivity index (χ2v) is 9.09. The number of nitrogens with zero attached hydrogens (tertiary/aromatic N) is 1. The van der Waals surface area contributed by atoms with Gasteiger partial charge in [-0.25, -0.2) is 0 Å². The molecule has 2 aromatic carbocycles. The van der Waals surface area contributed by atoms with Crippen LogP contribution >= 0.6 is 12.4 Å². The van der Waals surface area contributed by atoms with Crippen LogP contribution in [0, 0.1) is 5.92 Å². The zero-order chi connectivity index (χ0) is 20.8. The maximum absolute atomic E-state index is 12.5. The molecule has 5 nitrogen and oxygen atoms in total. The van der Waals surface area contributed by atoms with Crippen molar-refractivity contribution in [2.75, 3.05) is 19.1 Å². The minimum absolute atomic E-state index is 0. The maximum Gasteiger partial charge on any atom is 0.230 e. The number of carbonyl (C=O) groups excluding carboxylic acids is 1. The molecule has 166 valence electrons. The Balaban J connectivity index is 0.00000231. The number of anilines is 1. The Morgan fingerprint density at radius 2 is 1.94 bits per heavy atom. The van der Waals surface area contributed by atoms with Gasteiger partial charge in [-0.1, -0.05) is 30.3 Å². The first-order valence-corrected chi connectivity index (χ1v) is 11.1. The van der Waals surface area contributed by atoms with E-state index < -0.39 is 0 Å². The third-order valence-electron chi connectivity index (χ3n) is 7.12. The fourth-order valence-electron chi connectivity index (χ4n) is 5.27. The van der Waals surface area contributed by atoms with Crippen LogP contribution in [0.25, 0.3) is 0 Å². The molecule has 2 fully saturated rings. The maximum atomic E-state index is 12.5. The summed E-state index contributed by atoms with van der Waals surface area (Å²) in [7, 11) is 3.64. The van der Waals surface area contributed by atoms with Crippen LogP contribution < -0.4 is 20.3 Å². The van der Waals surface area contributed by atoms with E-state index >= 15 is 0 Å². The van der Waals surface area contributed by atoms with Crippen LogP contribution in [0.4, 0.5) is 5.69 Å². The topological polar surface area (TPSA) is 53.6 Å². The Labute approximate surface area is 191 Å². The van der Waals surface area contributed by atoms with Crippen LogP contribution in [0.5, 0.6) is 5.75 Å². The van der Waals surface area contributed by atoms with E-state index in [0.717, 1.165) is 42.8 Å². The monoisotopic (exact) mass is 441 g/mol. The first-order valence-electron chi connectivity index (χ1n) is 11.1. The highest BCUT2D eigenvalue weighted by atomic mass is 35.5. The van der Waals surface area contributed by atoms with Gasteiger partial charge < -0.3 is 20.3 Å². The molecule has 0 aromatic heterocycles. The minimum atomic E-state index is 0. The summed E-state index contributed by atoms with van der Waals surface area (Å²) in [5, 5.41) is 7.57. The van der Waals surface area contributed by atoms with Crippen molar-refractivity contribution >= 4 is 24.0 Å². The molecule has 5 rings (SSSR count). The highest BCUT2D eigenvalue weighted by molar-refractivity contribution is 6.01. The molecule has 0 spiro atoms. The number of carbonyl (C=O) groups is 1. The van der Waals surface area contributed by atoms with Gasteiger partial charge in [0.25, 0.3) is 0 Å².